The van der Waals surface area contributed by atoms with Crippen LogP contribution < -0.4 is 9.64 Å². The van der Waals surface area contributed by atoms with Gasteiger partial charge in [0.25, 0.3) is 5.91 Å². The van der Waals surface area contributed by atoms with E-state index in [9.17, 15) is 14.7 Å². The molecule has 1 aliphatic heterocycles. The number of carbonyl (C=O) groups excluding carboxylic acids is 2. The third-order valence-electron chi connectivity index (χ3n) is 5.35. The summed E-state index contributed by atoms with van der Waals surface area (Å²) in [7, 11) is 1.54. The molecular formula is C24H20ClNO4. The number of nitrogens with zero attached hydrogens (tertiary/aromatic N) is 1. The minimum Gasteiger partial charge on any atom is -0.497 e. The van der Waals surface area contributed by atoms with Crippen molar-refractivity contribution in [2.24, 2.45) is 0 Å². The first-order valence-corrected chi connectivity index (χ1v) is 9.86. The smallest absolute Gasteiger partial charge is 0.264 e. The highest BCUT2D eigenvalue weighted by molar-refractivity contribution is 6.31. The first-order chi connectivity index (χ1) is 14.4. The number of ether oxygens (including phenoxy) is 1. The number of benzene rings is 3. The summed E-state index contributed by atoms with van der Waals surface area (Å²) >= 11 is 6.27. The predicted molar refractivity (Wildman–Crippen MR) is 115 cm³/mol. The number of rotatable bonds is 6. The Hall–Kier alpha value is -3.15. The van der Waals surface area contributed by atoms with E-state index in [1.807, 2.05) is 18.2 Å². The molecule has 0 bridgehead atoms. The fourth-order valence-electron chi connectivity index (χ4n) is 3.74. The third kappa shape index (κ3) is 3.47. The van der Waals surface area contributed by atoms with Gasteiger partial charge >= 0.3 is 0 Å². The molecule has 3 aromatic rings. The topological polar surface area (TPSA) is 66.8 Å². The highest BCUT2D eigenvalue weighted by Gasteiger charge is 2.50. The minimum atomic E-state index is -1.94. The second-order valence-electron chi connectivity index (χ2n) is 7.19. The molecule has 0 spiro atoms. The summed E-state index contributed by atoms with van der Waals surface area (Å²) < 4.78 is 5.11. The Kier molecular flexibility index (Phi) is 5.33. The SMILES string of the molecule is COc1ccc(C(=O)C[C@@]2(O)C(=O)N(Cc3ccccc3Cl)c3ccccc32)cc1. The van der Waals surface area contributed by atoms with E-state index in [2.05, 4.69) is 0 Å². The molecule has 1 atom stereocenters. The number of anilines is 1. The van der Waals surface area contributed by atoms with Gasteiger partial charge in [-0.3, -0.25) is 9.59 Å². The van der Waals surface area contributed by atoms with Crippen LogP contribution in [0, 0.1) is 0 Å². The lowest BCUT2D eigenvalue weighted by Crippen LogP contribution is -2.41. The van der Waals surface area contributed by atoms with E-state index in [1.165, 1.54) is 4.90 Å². The summed E-state index contributed by atoms with van der Waals surface area (Å²) in [5.41, 5.74) is 0.220. The molecule has 0 aliphatic carbocycles. The van der Waals surface area contributed by atoms with Crippen molar-refractivity contribution < 1.29 is 19.4 Å². The molecule has 3 aromatic carbocycles. The molecule has 1 N–H and O–H groups in total. The summed E-state index contributed by atoms with van der Waals surface area (Å²) in [6.45, 7) is 0.203. The Balaban J connectivity index is 1.66. The van der Waals surface area contributed by atoms with Crippen molar-refractivity contribution >= 4 is 29.0 Å². The van der Waals surface area contributed by atoms with Crippen LogP contribution >= 0.6 is 11.6 Å². The van der Waals surface area contributed by atoms with E-state index >= 15 is 0 Å². The van der Waals surface area contributed by atoms with Crippen molar-refractivity contribution in [3.8, 4) is 5.75 Å². The lowest BCUT2D eigenvalue weighted by atomic mass is 9.88. The van der Waals surface area contributed by atoms with Crippen molar-refractivity contribution in [1.29, 1.82) is 0 Å². The number of hydrogen-bond donors (Lipinski definition) is 1. The van der Waals surface area contributed by atoms with Gasteiger partial charge in [0.1, 0.15) is 5.75 Å². The zero-order valence-electron chi connectivity index (χ0n) is 16.3. The second-order valence-corrected chi connectivity index (χ2v) is 7.60. The molecule has 0 aromatic heterocycles. The molecule has 4 rings (SSSR count). The molecule has 5 nitrogen and oxygen atoms in total. The molecule has 6 heteroatoms. The van der Waals surface area contributed by atoms with E-state index in [4.69, 9.17) is 16.3 Å². The number of hydrogen-bond acceptors (Lipinski definition) is 4. The molecule has 152 valence electrons. The summed E-state index contributed by atoms with van der Waals surface area (Å²) in [6, 6.07) is 20.8. The number of halogens is 1. The monoisotopic (exact) mass is 421 g/mol. The number of amides is 1. The standard InChI is InChI=1S/C24H20ClNO4/c1-30-18-12-10-16(11-13-18)22(27)14-24(29)19-7-3-5-9-21(19)26(23(24)28)15-17-6-2-4-8-20(17)25/h2-13,29H,14-15H2,1H3/t24-/m0/s1. The summed E-state index contributed by atoms with van der Waals surface area (Å²) in [6.07, 6.45) is -0.353. The fourth-order valence-corrected chi connectivity index (χ4v) is 3.94. The van der Waals surface area contributed by atoms with Crippen LogP contribution in [-0.2, 0) is 16.9 Å². The maximum atomic E-state index is 13.3. The molecule has 0 saturated heterocycles. The van der Waals surface area contributed by atoms with Gasteiger partial charge in [-0.25, -0.2) is 0 Å². The van der Waals surface area contributed by atoms with Gasteiger partial charge in [-0.15, -0.1) is 0 Å². The van der Waals surface area contributed by atoms with E-state index in [0.717, 1.165) is 5.56 Å². The van der Waals surface area contributed by atoms with E-state index < -0.39 is 11.5 Å². The number of Topliss-reactive ketones (excluding diaryl/α,β-unsaturated/α-hetero) is 1. The molecule has 0 radical (unpaired) electrons. The van der Waals surface area contributed by atoms with E-state index in [0.29, 0.717) is 27.6 Å². The Morgan fingerprint density at radius 1 is 1.03 bits per heavy atom. The van der Waals surface area contributed by atoms with Crippen LogP contribution in [0.3, 0.4) is 0 Å². The number of fused-ring (bicyclic) bond motifs is 1. The number of methoxy groups -OCH3 is 1. The van der Waals surface area contributed by atoms with Crippen molar-refractivity contribution in [2.45, 2.75) is 18.6 Å². The quantitative estimate of drug-likeness (QED) is 0.601. The van der Waals surface area contributed by atoms with Gasteiger partial charge in [0, 0.05) is 16.1 Å². The van der Waals surface area contributed by atoms with E-state index in [-0.39, 0.29) is 18.7 Å². The molecule has 0 unspecified atom stereocenters. The van der Waals surface area contributed by atoms with Gasteiger partial charge < -0.3 is 14.7 Å². The number of para-hydroxylation sites is 1. The van der Waals surface area contributed by atoms with Gasteiger partial charge in [0.2, 0.25) is 0 Å². The highest BCUT2D eigenvalue weighted by Crippen LogP contribution is 2.43. The number of carbonyl (C=O) groups is 2. The zero-order valence-corrected chi connectivity index (χ0v) is 17.1. The average molecular weight is 422 g/mol. The van der Waals surface area contributed by atoms with Gasteiger partial charge in [0.15, 0.2) is 11.4 Å². The number of aliphatic hydroxyl groups is 1. The molecular weight excluding hydrogens is 402 g/mol. The Morgan fingerprint density at radius 2 is 1.70 bits per heavy atom. The van der Waals surface area contributed by atoms with Gasteiger partial charge in [-0.05, 0) is 42.0 Å². The second kappa shape index (κ2) is 7.94. The lowest BCUT2D eigenvalue weighted by molar-refractivity contribution is -0.136. The van der Waals surface area contributed by atoms with Crippen LogP contribution in [0.5, 0.6) is 5.75 Å². The van der Waals surface area contributed by atoms with Crippen LogP contribution in [0.2, 0.25) is 5.02 Å². The Labute approximate surface area is 179 Å². The molecule has 0 saturated carbocycles. The fraction of sp³-hybridized carbons (Fsp3) is 0.167. The van der Waals surface area contributed by atoms with Gasteiger partial charge in [-0.1, -0.05) is 48.0 Å². The maximum Gasteiger partial charge on any atom is 0.264 e. The van der Waals surface area contributed by atoms with Crippen LogP contribution in [-0.4, -0.2) is 23.9 Å². The first kappa shape index (κ1) is 20.1. The Bertz CT molecular complexity index is 1110. The van der Waals surface area contributed by atoms with Crippen LogP contribution in [0.1, 0.15) is 27.9 Å². The Morgan fingerprint density at radius 3 is 2.40 bits per heavy atom. The zero-order chi connectivity index (χ0) is 21.3. The minimum absolute atomic E-state index is 0.203. The molecule has 0 fully saturated rings. The summed E-state index contributed by atoms with van der Waals surface area (Å²) in [4.78, 5) is 27.7. The van der Waals surface area contributed by atoms with Crippen LogP contribution in [0.4, 0.5) is 5.69 Å². The van der Waals surface area contributed by atoms with E-state index in [1.54, 1.807) is 61.7 Å². The largest absolute Gasteiger partial charge is 0.497 e. The molecule has 1 heterocycles. The van der Waals surface area contributed by atoms with Gasteiger partial charge in [0.05, 0.1) is 25.8 Å². The van der Waals surface area contributed by atoms with Crippen molar-refractivity contribution in [3.05, 3.63) is 94.5 Å². The highest BCUT2D eigenvalue weighted by atomic mass is 35.5. The van der Waals surface area contributed by atoms with Crippen LogP contribution in [0.15, 0.2) is 72.8 Å². The number of ketones is 1. The molecule has 30 heavy (non-hydrogen) atoms. The van der Waals surface area contributed by atoms with Crippen molar-refractivity contribution in [3.63, 3.8) is 0 Å². The molecule has 1 aliphatic rings. The molecule has 1 amide bonds. The average Bonchev–Trinajstić information content (AvgIpc) is 2.97. The van der Waals surface area contributed by atoms with Crippen molar-refractivity contribution in [1.82, 2.24) is 0 Å². The maximum absolute atomic E-state index is 13.3. The van der Waals surface area contributed by atoms with Gasteiger partial charge in [-0.2, -0.15) is 0 Å². The van der Waals surface area contributed by atoms with Crippen LogP contribution in [0.25, 0.3) is 0 Å². The normalized spacial score (nSPS) is 17.7. The summed E-state index contributed by atoms with van der Waals surface area (Å²) in [5, 5.41) is 11.9. The van der Waals surface area contributed by atoms with Crippen molar-refractivity contribution in [2.75, 3.05) is 12.0 Å². The lowest BCUT2D eigenvalue weighted by Gasteiger charge is -2.23. The third-order valence-corrected chi connectivity index (χ3v) is 5.72. The predicted octanol–water partition coefficient (Wildman–Crippen LogP) is 4.36. The first-order valence-electron chi connectivity index (χ1n) is 9.48. The summed E-state index contributed by atoms with van der Waals surface area (Å²) in [5.74, 6) is -0.244.